The summed E-state index contributed by atoms with van der Waals surface area (Å²) in [7, 11) is 0. The lowest BCUT2D eigenvalue weighted by atomic mass is 9.90. The number of rotatable bonds is 7. The minimum absolute atomic E-state index is 0.422. The molecule has 4 aromatic rings. The maximum Gasteiger partial charge on any atom is 0.225 e. The molecule has 0 radical (unpaired) electrons. The monoisotopic (exact) mass is 442 g/mol. The molecule has 1 N–H and O–H groups in total. The summed E-state index contributed by atoms with van der Waals surface area (Å²) in [5.41, 5.74) is 4.24. The highest BCUT2D eigenvalue weighted by molar-refractivity contribution is 5.55. The third-order valence-electron chi connectivity index (χ3n) is 6.04. The first kappa shape index (κ1) is 21.0. The minimum Gasteiger partial charge on any atom is -0.487 e. The van der Waals surface area contributed by atoms with Gasteiger partial charge in [-0.25, -0.2) is 9.97 Å². The predicted octanol–water partition coefficient (Wildman–Crippen LogP) is 3.58. The van der Waals surface area contributed by atoms with Crippen LogP contribution in [0, 0.1) is 0 Å². The number of aromatic amines is 1. The van der Waals surface area contributed by atoms with Crippen molar-refractivity contribution < 1.29 is 4.74 Å². The molecule has 4 heterocycles. The molecule has 1 saturated heterocycles. The zero-order chi connectivity index (χ0) is 22.5. The minimum atomic E-state index is 0.422. The molecule has 9 heteroatoms. The van der Waals surface area contributed by atoms with Gasteiger partial charge in [0.25, 0.3) is 0 Å². The zero-order valence-corrected chi connectivity index (χ0v) is 18.6. The SMILES string of the molecule is CCc1cnc(N2CCC(c3ccc(COc4ccc(-c5nn[nH]n5)cc4)nc3)CC2)nc1. The van der Waals surface area contributed by atoms with Gasteiger partial charge < -0.3 is 9.64 Å². The van der Waals surface area contributed by atoms with E-state index in [0.29, 0.717) is 18.3 Å². The number of hydrogen-bond donors (Lipinski definition) is 1. The van der Waals surface area contributed by atoms with Crippen molar-refractivity contribution in [3.8, 4) is 17.1 Å². The van der Waals surface area contributed by atoms with Crippen molar-refractivity contribution in [2.75, 3.05) is 18.0 Å². The lowest BCUT2D eigenvalue weighted by Gasteiger charge is -2.32. The van der Waals surface area contributed by atoms with Crippen LogP contribution in [0.25, 0.3) is 11.4 Å². The van der Waals surface area contributed by atoms with Gasteiger partial charge in [-0.2, -0.15) is 5.21 Å². The van der Waals surface area contributed by atoms with Crippen LogP contribution in [0.4, 0.5) is 5.95 Å². The Morgan fingerprint density at radius 1 is 0.970 bits per heavy atom. The summed E-state index contributed by atoms with van der Waals surface area (Å²) in [6, 6.07) is 11.8. The van der Waals surface area contributed by atoms with E-state index in [0.717, 1.165) is 55.3 Å². The zero-order valence-electron chi connectivity index (χ0n) is 18.6. The molecule has 0 bridgehead atoms. The standard InChI is InChI=1S/C24H26N8O/c1-2-17-13-26-24(27-14-17)32-11-9-18(10-12-32)20-3-6-21(25-15-20)16-33-22-7-4-19(5-8-22)23-28-30-31-29-23/h3-8,13-15,18H,2,9-12,16H2,1H3,(H,28,29,30,31). The van der Waals surface area contributed by atoms with Crippen molar-refractivity contribution in [3.63, 3.8) is 0 Å². The molecule has 1 fully saturated rings. The topological polar surface area (TPSA) is 106 Å². The average Bonchev–Trinajstić information content (AvgIpc) is 3.43. The highest BCUT2D eigenvalue weighted by Gasteiger charge is 2.22. The van der Waals surface area contributed by atoms with E-state index in [4.69, 9.17) is 4.74 Å². The van der Waals surface area contributed by atoms with E-state index in [9.17, 15) is 0 Å². The summed E-state index contributed by atoms with van der Waals surface area (Å²) in [5.74, 6) is 2.68. The van der Waals surface area contributed by atoms with E-state index >= 15 is 0 Å². The van der Waals surface area contributed by atoms with Crippen molar-refractivity contribution in [1.29, 1.82) is 0 Å². The Morgan fingerprint density at radius 3 is 2.39 bits per heavy atom. The highest BCUT2D eigenvalue weighted by Crippen LogP contribution is 2.29. The van der Waals surface area contributed by atoms with E-state index in [1.165, 1.54) is 11.1 Å². The van der Waals surface area contributed by atoms with Gasteiger partial charge in [0, 0.05) is 37.2 Å². The fourth-order valence-electron chi connectivity index (χ4n) is 4.01. The first-order valence-corrected chi connectivity index (χ1v) is 11.3. The first-order chi connectivity index (χ1) is 16.3. The Bertz CT molecular complexity index is 1140. The molecule has 0 unspecified atom stereocenters. The number of nitrogens with zero attached hydrogens (tertiary/aromatic N) is 7. The van der Waals surface area contributed by atoms with Crippen LogP contribution in [0.5, 0.6) is 5.75 Å². The number of benzene rings is 1. The molecule has 0 atom stereocenters. The smallest absolute Gasteiger partial charge is 0.225 e. The van der Waals surface area contributed by atoms with Crippen LogP contribution in [0.15, 0.2) is 55.0 Å². The molecular formula is C24H26N8O. The van der Waals surface area contributed by atoms with Gasteiger partial charge in [0.15, 0.2) is 0 Å². The number of piperidine rings is 1. The van der Waals surface area contributed by atoms with Crippen molar-refractivity contribution >= 4 is 5.95 Å². The lowest BCUT2D eigenvalue weighted by molar-refractivity contribution is 0.301. The molecule has 3 aromatic heterocycles. The number of aryl methyl sites for hydroxylation is 1. The average molecular weight is 443 g/mol. The molecule has 1 aliphatic heterocycles. The second kappa shape index (κ2) is 9.72. The highest BCUT2D eigenvalue weighted by atomic mass is 16.5. The number of hydrogen-bond acceptors (Lipinski definition) is 8. The molecule has 1 aliphatic rings. The summed E-state index contributed by atoms with van der Waals surface area (Å²) in [6.07, 6.45) is 8.96. The van der Waals surface area contributed by atoms with Gasteiger partial charge in [-0.15, -0.1) is 10.2 Å². The van der Waals surface area contributed by atoms with Gasteiger partial charge >= 0.3 is 0 Å². The van der Waals surface area contributed by atoms with Gasteiger partial charge in [0.2, 0.25) is 11.8 Å². The number of tetrazole rings is 1. The lowest BCUT2D eigenvalue weighted by Crippen LogP contribution is -2.34. The Hall–Kier alpha value is -3.88. The van der Waals surface area contributed by atoms with E-state index in [-0.39, 0.29) is 0 Å². The third kappa shape index (κ3) is 4.97. The first-order valence-electron chi connectivity index (χ1n) is 11.3. The van der Waals surface area contributed by atoms with E-state index < -0.39 is 0 Å². The normalized spacial score (nSPS) is 14.4. The molecule has 0 spiro atoms. The molecule has 5 rings (SSSR count). The molecule has 0 saturated carbocycles. The summed E-state index contributed by atoms with van der Waals surface area (Å²) in [4.78, 5) is 15.9. The van der Waals surface area contributed by atoms with E-state index in [2.05, 4.69) is 59.5 Å². The Morgan fingerprint density at radius 2 is 1.76 bits per heavy atom. The Labute approximate surface area is 192 Å². The van der Waals surface area contributed by atoms with Crippen LogP contribution in [0.2, 0.25) is 0 Å². The molecule has 9 nitrogen and oxygen atoms in total. The summed E-state index contributed by atoms with van der Waals surface area (Å²) in [6.45, 7) is 4.46. The quantitative estimate of drug-likeness (QED) is 0.463. The van der Waals surface area contributed by atoms with Crippen LogP contribution in [0.3, 0.4) is 0 Å². The van der Waals surface area contributed by atoms with Gasteiger partial charge in [-0.05, 0) is 71.9 Å². The van der Waals surface area contributed by atoms with Crippen molar-refractivity contribution in [1.82, 2.24) is 35.6 Å². The number of aromatic nitrogens is 7. The number of pyridine rings is 1. The summed E-state index contributed by atoms with van der Waals surface area (Å²) in [5, 5.41) is 14.0. The predicted molar refractivity (Wildman–Crippen MR) is 124 cm³/mol. The van der Waals surface area contributed by atoms with E-state index in [1.54, 1.807) is 0 Å². The maximum atomic E-state index is 5.88. The second-order valence-electron chi connectivity index (χ2n) is 8.14. The second-order valence-corrected chi connectivity index (χ2v) is 8.14. The van der Waals surface area contributed by atoms with Crippen molar-refractivity contribution in [2.24, 2.45) is 0 Å². The van der Waals surface area contributed by atoms with Crippen LogP contribution in [0.1, 0.15) is 42.5 Å². The van der Waals surface area contributed by atoms with Crippen molar-refractivity contribution in [2.45, 2.75) is 38.7 Å². The van der Waals surface area contributed by atoms with Gasteiger partial charge in [0.05, 0.1) is 5.69 Å². The van der Waals surface area contributed by atoms with Crippen molar-refractivity contribution in [3.05, 3.63) is 71.8 Å². The summed E-state index contributed by atoms with van der Waals surface area (Å²) >= 11 is 0. The fourth-order valence-corrected chi connectivity index (χ4v) is 4.01. The fraction of sp³-hybridized carbons (Fsp3) is 0.333. The molecule has 1 aromatic carbocycles. The van der Waals surface area contributed by atoms with Gasteiger partial charge in [0.1, 0.15) is 12.4 Å². The van der Waals surface area contributed by atoms with Gasteiger partial charge in [-0.3, -0.25) is 4.98 Å². The van der Waals surface area contributed by atoms with Crippen LogP contribution >= 0.6 is 0 Å². The number of nitrogens with one attached hydrogen (secondary N) is 1. The summed E-state index contributed by atoms with van der Waals surface area (Å²) < 4.78 is 5.88. The van der Waals surface area contributed by atoms with Gasteiger partial charge in [-0.1, -0.05) is 13.0 Å². The molecular weight excluding hydrogens is 416 g/mol. The van der Waals surface area contributed by atoms with E-state index in [1.807, 2.05) is 42.9 Å². The number of ether oxygens (including phenoxy) is 1. The number of H-pyrrole nitrogens is 1. The molecule has 0 amide bonds. The van der Waals surface area contributed by atoms with Crippen LogP contribution in [-0.4, -0.2) is 48.7 Å². The number of anilines is 1. The maximum absolute atomic E-state index is 5.88. The molecule has 33 heavy (non-hydrogen) atoms. The Kier molecular flexibility index (Phi) is 6.19. The largest absolute Gasteiger partial charge is 0.487 e. The molecule has 0 aliphatic carbocycles. The molecule has 168 valence electrons. The Balaban J connectivity index is 1.12. The third-order valence-corrected chi connectivity index (χ3v) is 6.04. The van der Waals surface area contributed by atoms with Crippen LogP contribution < -0.4 is 9.64 Å². The van der Waals surface area contributed by atoms with Crippen LogP contribution in [-0.2, 0) is 13.0 Å².